The minimum atomic E-state index is -0.648. The quantitative estimate of drug-likeness (QED) is 0.573. The van der Waals surface area contributed by atoms with Gasteiger partial charge >= 0.3 is 5.97 Å². The highest BCUT2D eigenvalue weighted by Gasteiger charge is 2.27. The zero-order valence-corrected chi connectivity index (χ0v) is 10.2. The summed E-state index contributed by atoms with van der Waals surface area (Å²) in [6.07, 6.45) is 2.56. The van der Waals surface area contributed by atoms with Gasteiger partial charge in [0.2, 0.25) is 5.91 Å². The third-order valence-corrected chi connectivity index (χ3v) is 2.80. The SMILES string of the molecule is CCOC(=O)C1CCCCC(=O)NCCC1=O. The first-order valence-corrected chi connectivity index (χ1v) is 6.11. The van der Waals surface area contributed by atoms with Crippen molar-refractivity contribution in [2.75, 3.05) is 13.2 Å². The van der Waals surface area contributed by atoms with Gasteiger partial charge in [0.25, 0.3) is 0 Å². The van der Waals surface area contributed by atoms with Gasteiger partial charge in [0, 0.05) is 19.4 Å². The molecule has 1 saturated heterocycles. The van der Waals surface area contributed by atoms with Crippen LogP contribution < -0.4 is 5.32 Å². The number of esters is 1. The number of hydrogen-bond donors (Lipinski definition) is 1. The summed E-state index contributed by atoms with van der Waals surface area (Å²) in [5, 5.41) is 2.66. The molecule has 1 fully saturated rings. The number of hydrogen-bond acceptors (Lipinski definition) is 4. The number of rotatable bonds is 2. The van der Waals surface area contributed by atoms with Crippen molar-refractivity contribution in [2.45, 2.75) is 39.0 Å². The Morgan fingerprint density at radius 2 is 2.12 bits per heavy atom. The molecular formula is C12H19NO4. The molecule has 17 heavy (non-hydrogen) atoms. The molecule has 0 aliphatic carbocycles. The molecule has 96 valence electrons. The number of ether oxygens (including phenoxy) is 1. The second-order valence-electron chi connectivity index (χ2n) is 4.12. The van der Waals surface area contributed by atoms with Crippen molar-refractivity contribution in [1.29, 1.82) is 0 Å². The second kappa shape index (κ2) is 7.04. The van der Waals surface area contributed by atoms with E-state index in [2.05, 4.69) is 5.32 Å². The highest BCUT2D eigenvalue weighted by molar-refractivity contribution is 5.99. The van der Waals surface area contributed by atoms with Gasteiger partial charge in [-0.15, -0.1) is 0 Å². The van der Waals surface area contributed by atoms with Crippen LogP contribution in [0.15, 0.2) is 0 Å². The Kier molecular flexibility index (Phi) is 5.66. The average molecular weight is 241 g/mol. The Balaban J connectivity index is 2.58. The third-order valence-electron chi connectivity index (χ3n) is 2.80. The van der Waals surface area contributed by atoms with Gasteiger partial charge in [-0.05, 0) is 19.8 Å². The molecule has 1 atom stereocenters. The zero-order valence-electron chi connectivity index (χ0n) is 10.2. The molecule has 1 N–H and O–H groups in total. The molecule has 1 amide bonds. The van der Waals surface area contributed by atoms with Crippen LogP contribution in [0.1, 0.15) is 39.0 Å². The van der Waals surface area contributed by atoms with Gasteiger partial charge in [-0.25, -0.2) is 0 Å². The van der Waals surface area contributed by atoms with E-state index < -0.39 is 11.9 Å². The number of carbonyl (C=O) groups excluding carboxylic acids is 3. The van der Waals surface area contributed by atoms with Crippen LogP contribution in [0, 0.1) is 5.92 Å². The van der Waals surface area contributed by atoms with Crippen LogP contribution in [0.5, 0.6) is 0 Å². The highest BCUT2D eigenvalue weighted by Crippen LogP contribution is 2.16. The minimum absolute atomic E-state index is 0.0209. The molecule has 1 unspecified atom stereocenters. The molecule has 1 aliphatic rings. The first-order valence-electron chi connectivity index (χ1n) is 6.11. The number of Topliss-reactive ketones (excluding diaryl/α,β-unsaturated/α-hetero) is 1. The average Bonchev–Trinajstić information content (AvgIpc) is 2.28. The van der Waals surface area contributed by atoms with E-state index in [-0.39, 0.29) is 18.1 Å². The van der Waals surface area contributed by atoms with Crippen LogP contribution in [-0.4, -0.2) is 30.8 Å². The normalized spacial score (nSPS) is 22.8. The highest BCUT2D eigenvalue weighted by atomic mass is 16.5. The molecule has 0 aromatic rings. The molecule has 1 aliphatic heterocycles. The zero-order chi connectivity index (χ0) is 12.7. The monoisotopic (exact) mass is 241 g/mol. The van der Waals surface area contributed by atoms with Gasteiger partial charge in [0.05, 0.1) is 6.61 Å². The summed E-state index contributed by atoms with van der Waals surface area (Å²) in [7, 11) is 0. The fraction of sp³-hybridized carbons (Fsp3) is 0.750. The fourth-order valence-corrected chi connectivity index (χ4v) is 1.87. The summed E-state index contributed by atoms with van der Waals surface area (Å²) in [6.45, 7) is 2.33. The lowest BCUT2D eigenvalue weighted by Crippen LogP contribution is -2.32. The summed E-state index contributed by atoms with van der Waals surface area (Å²) in [4.78, 5) is 34.6. The lowest BCUT2D eigenvalue weighted by molar-refractivity contribution is -0.151. The molecule has 5 nitrogen and oxygen atoms in total. The smallest absolute Gasteiger partial charge is 0.316 e. The predicted molar refractivity (Wildman–Crippen MR) is 61.2 cm³/mol. The molecule has 1 heterocycles. The van der Waals surface area contributed by atoms with Gasteiger partial charge in [-0.3, -0.25) is 14.4 Å². The molecule has 0 saturated carbocycles. The van der Waals surface area contributed by atoms with Crippen molar-refractivity contribution in [3.05, 3.63) is 0 Å². The Bertz CT molecular complexity index is 301. The van der Waals surface area contributed by atoms with Crippen LogP contribution >= 0.6 is 0 Å². The maximum absolute atomic E-state index is 11.8. The lowest BCUT2D eigenvalue weighted by atomic mass is 9.94. The van der Waals surface area contributed by atoms with Gasteiger partial charge in [-0.1, -0.05) is 6.42 Å². The maximum Gasteiger partial charge on any atom is 0.316 e. The van der Waals surface area contributed by atoms with E-state index in [1.54, 1.807) is 6.92 Å². The van der Waals surface area contributed by atoms with Crippen LogP contribution in [0.2, 0.25) is 0 Å². The van der Waals surface area contributed by atoms with Gasteiger partial charge in [0.15, 0.2) is 0 Å². The Labute approximate surface area is 101 Å². The summed E-state index contributed by atoms with van der Waals surface area (Å²) in [5.74, 6) is -1.23. The Morgan fingerprint density at radius 3 is 2.82 bits per heavy atom. The summed E-state index contributed by atoms with van der Waals surface area (Å²) in [6, 6.07) is 0. The first kappa shape index (κ1) is 13.7. The lowest BCUT2D eigenvalue weighted by Gasteiger charge is -2.16. The van der Waals surface area contributed by atoms with Gasteiger partial charge < -0.3 is 10.1 Å². The number of amides is 1. The summed E-state index contributed by atoms with van der Waals surface area (Å²) >= 11 is 0. The number of carbonyl (C=O) groups is 3. The summed E-state index contributed by atoms with van der Waals surface area (Å²) < 4.78 is 4.89. The van der Waals surface area contributed by atoms with E-state index in [4.69, 9.17) is 4.74 Å². The fourth-order valence-electron chi connectivity index (χ4n) is 1.87. The van der Waals surface area contributed by atoms with Crippen molar-refractivity contribution in [2.24, 2.45) is 5.92 Å². The third kappa shape index (κ3) is 4.54. The first-order chi connectivity index (χ1) is 8.15. The van der Waals surface area contributed by atoms with E-state index in [0.717, 1.165) is 0 Å². The Hall–Kier alpha value is -1.39. The molecule has 0 radical (unpaired) electrons. The second-order valence-corrected chi connectivity index (χ2v) is 4.12. The van der Waals surface area contributed by atoms with E-state index in [1.807, 2.05) is 0 Å². The maximum atomic E-state index is 11.8. The van der Waals surface area contributed by atoms with Crippen molar-refractivity contribution >= 4 is 17.7 Å². The molecule has 0 aromatic carbocycles. The largest absolute Gasteiger partial charge is 0.465 e. The minimum Gasteiger partial charge on any atom is -0.465 e. The van der Waals surface area contributed by atoms with E-state index >= 15 is 0 Å². The van der Waals surface area contributed by atoms with E-state index in [1.165, 1.54) is 0 Å². The molecule has 0 bridgehead atoms. The van der Waals surface area contributed by atoms with E-state index in [0.29, 0.717) is 38.8 Å². The molecule has 0 spiro atoms. The van der Waals surface area contributed by atoms with Crippen molar-refractivity contribution in [3.8, 4) is 0 Å². The van der Waals surface area contributed by atoms with Crippen LogP contribution in [-0.2, 0) is 19.1 Å². The predicted octanol–water partition coefficient (Wildman–Crippen LogP) is 0.815. The van der Waals surface area contributed by atoms with Crippen LogP contribution in [0.4, 0.5) is 0 Å². The number of ketones is 1. The van der Waals surface area contributed by atoms with Crippen LogP contribution in [0.3, 0.4) is 0 Å². The van der Waals surface area contributed by atoms with Gasteiger partial charge in [-0.2, -0.15) is 0 Å². The topological polar surface area (TPSA) is 72.5 Å². The van der Waals surface area contributed by atoms with E-state index in [9.17, 15) is 14.4 Å². The standard InChI is InChI=1S/C12H19NO4/c1-2-17-12(16)9-5-3-4-6-11(15)13-8-7-10(9)14/h9H,2-8H2,1H3,(H,13,15). The van der Waals surface area contributed by atoms with Crippen LogP contribution in [0.25, 0.3) is 0 Å². The molecule has 5 heteroatoms. The Morgan fingerprint density at radius 1 is 1.35 bits per heavy atom. The molecule has 0 aromatic heterocycles. The summed E-state index contributed by atoms with van der Waals surface area (Å²) in [5.41, 5.74) is 0. The molecule has 1 rings (SSSR count). The molecular weight excluding hydrogens is 222 g/mol. The van der Waals surface area contributed by atoms with Gasteiger partial charge in [0.1, 0.15) is 11.7 Å². The van der Waals surface area contributed by atoms with Crippen molar-refractivity contribution in [3.63, 3.8) is 0 Å². The van der Waals surface area contributed by atoms with Crippen molar-refractivity contribution in [1.82, 2.24) is 5.32 Å². The van der Waals surface area contributed by atoms with Crippen molar-refractivity contribution < 1.29 is 19.1 Å². The number of nitrogens with one attached hydrogen (secondary N) is 1.